The highest BCUT2D eigenvalue weighted by atomic mass is 32.2. The molecule has 5 heteroatoms. The molecule has 2 saturated heterocycles. The van der Waals surface area contributed by atoms with Crippen molar-refractivity contribution in [3.63, 3.8) is 0 Å². The van der Waals surface area contributed by atoms with Gasteiger partial charge < -0.3 is 10.1 Å². The molecule has 0 amide bonds. The van der Waals surface area contributed by atoms with Crippen LogP contribution >= 0.6 is 23.1 Å². The summed E-state index contributed by atoms with van der Waals surface area (Å²) in [6.07, 6.45) is 3.03. The summed E-state index contributed by atoms with van der Waals surface area (Å²) in [7, 11) is 0. The first kappa shape index (κ1) is 10.1. The van der Waals surface area contributed by atoms with Crippen LogP contribution in [-0.4, -0.2) is 35.2 Å². The predicted octanol–water partition coefficient (Wildman–Crippen LogP) is 1.68. The zero-order valence-electron chi connectivity index (χ0n) is 8.44. The van der Waals surface area contributed by atoms with Crippen molar-refractivity contribution in [2.75, 3.05) is 24.7 Å². The molecular weight excluding hydrogens is 228 g/mol. The number of hydrogen-bond acceptors (Lipinski definition) is 5. The first-order chi connectivity index (χ1) is 7.41. The van der Waals surface area contributed by atoms with Gasteiger partial charge in [0.1, 0.15) is 5.01 Å². The summed E-state index contributed by atoms with van der Waals surface area (Å²) >= 11 is 3.72. The molecule has 0 bridgehead atoms. The van der Waals surface area contributed by atoms with E-state index < -0.39 is 0 Å². The lowest BCUT2D eigenvalue weighted by Gasteiger charge is -2.40. The number of nitrogens with zero attached hydrogens (tertiary/aromatic N) is 1. The fourth-order valence-electron chi connectivity index (χ4n) is 2.32. The van der Waals surface area contributed by atoms with E-state index in [1.807, 2.05) is 23.3 Å². The Kier molecular flexibility index (Phi) is 2.72. The Morgan fingerprint density at radius 2 is 2.60 bits per heavy atom. The van der Waals surface area contributed by atoms with Gasteiger partial charge in [-0.05, 0) is 12.2 Å². The van der Waals surface area contributed by atoms with Crippen molar-refractivity contribution in [3.05, 3.63) is 16.6 Å². The van der Waals surface area contributed by atoms with Crippen molar-refractivity contribution < 1.29 is 4.74 Å². The lowest BCUT2D eigenvalue weighted by Crippen LogP contribution is -2.52. The summed E-state index contributed by atoms with van der Waals surface area (Å²) < 4.78 is 6.05. The number of rotatable bonds is 1. The molecule has 1 aromatic rings. The maximum absolute atomic E-state index is 6.05. The van der Waals surface area contributed by atoms with Crippen molar-refractivity contribution >= 4 is 23.1 Å². The Hall–Kier alpha value is -0.100. The van der Waals surface area contributed by atoms with Gasteiger partial charge in [-0.2, -0.15) is 11.8 Å². The van der Waals surface area contributed by atoms with E-state index in [1.54, 1.807) is 11.3 Å². The van der Waals surface area contributed by atoms with E-state index in [1.165, 1.54) is 10.8 Å². The van der Waals surface area contributed by atoms with E-state index in [0.29, 0.717) is 6.04 Å². The molecule has 0 radical (unpaired) electrons. The molecule has 1 aromatic heterocycles. The van der Waals surface area contributed by atoms with Crippen molar-refractivity contribution in [2.24, 2.45) is 0 Å². The largest absolute Gasteiger partial charge is 0.371 e. The van der Waals surface area contributed by atoms with E-state index in [2.05, 4.69) is 10.3 Å². The lowest BCUT2D eigenvalue weighted by molar-refractivity contribution is -0.0796. The Labute approximate surface area is 97.6 Å². The minimum atomic E-state index is 0.0147. The van der Waals surface area contributed by atoms with E-state index >= 15 is 0 Å². The average molecular weight is 242 g/mol. The lowest BCUT2D eigenvalue weighted by atomic mass is 9.92. The van der Waals surface area contributed by atoms with Crippen LogP contribution in [0.5, 0.6) is 0 Å². The zero-order valence-corrected chi connectivity index (χ0v) is 10.1. The number of thiazole rings is 1. The standard InChI is InChI=1S/C10H14N2OS2/c1-5-14-7-10(1)8(11-2-4-13-10)9-12-3-6-15-9/h3,6,8,11H,1-2,4-5,7H2. The summed E-state index contributed by atoms with van der Waals surface area (Å²) in [5.74, 6) is 2.31. The quantitative estimate of drug-likeness (QED) is 0.812. The summed E-state index contributed by atoms with van der Waals surface area (Å²) in [6.45, 7) is 1.78. The van der Waals surface area contributed by atoms with Gasteiger partial charge in [-0.3, -0.25) is 0 Å². The highest BCUT2D eigenvalue weighted by Gasteiger charge is 2.46. The predicted molar refractivity (Wildman–Crippen MR) is 63.5 cm³/mol. The van der Waals surface area contributed by atoms with Gasteiger partial charge in [0, 0.05) is 23.9 Å². The van der Waals surface area contributed by atoms with E-state index in [9.17, 15) is 0 Å². The number of ether oxygens (including phenoxy) is 1. The van der Waals surface area contributed by atoms with Crippen molar-refractivity contribution in [1.82, 2.24) is 10.3 Å². The molecule has 82 valence electrons. The fourth-order valence-corrected chi connectivity index (χ4v) is 4.51. The minimum Gasteiger partial charge on any atom is -0.371 e. The van der Waals surface area contributed by atoms with Crippen molar-refractivity contribution in [3.8, 4) is 0 Å². The smallest absolute Gasteiger partial charge is 0.112 e. The second kappa shape index (κ2) is 4.05. The van der Waals surface area contributed by atoms with Gasteiger partial charge >= 0.3 is 0 Å². The third kappa shape index (κ3) is 1.71. The second-order valence-corrected chi connectivity index (χ2v) is 6.00. The number of hydrogen-bond donors (Lipinski definition) is 1. The fraction of sp³-hybridized carbons (Fsp3) is 0.700. The Bertz CT molecular complexity index is 322. The van der Waals surface area contributed by atoms with Crippen LogP contribution in [0.3, 0.4) is 0 Å². The van der Waals surface area contributed by atoms with Gasteiger partial charge in [-0.1, -0.05) is 0 Å². The van der Waals surface area contributed by atoms with Crippen LogP contribution in [0.2, 0.25) is 0 Å². The molecule has 3 nitrogen and oxygen atoms in total. The first-order valence-electron chi connectivity index (χ1n) is 5.25. The van der Waals surface area contributed by atoms with Crippen LogP contribution in [0.15, 0.2) is 11.6 Å². The normalized spacial score (nSPS) is 36.1. The molecule has 2 fully saturated rings. The third-order valence-electron chi connectivity index (χ3n) is 3.08. The van der Waals surface area contributed by atoms with Crippen LogP contribution < -0.4 is 5.32 Å². The third-order valence-corrected chi connectivity index (χ3v) is 5.11. The number of nitrogens with one attached hydrogen (secondary N) is 1. The summed E-state index contributed by atoms with van der Waals surface area (Å²) in [5.41, 5.74) is 0.0147. The molecule has 2 aliphatic heterocycles. The molecule has 2 unspecified atom stereocenters. The average Bonchev–Trinajstić information content (AvgIpc) is 2.90. The minimum absolute atomic E-state index is 0.0147. The molecule has 1 spiro atoms. The molecule has 15 heavy (non-hydrogen) atoms. The first-order valence-corrected chi connectivity index (χ1v) is 7.29. The maximum Gasteiger partial charge on any atom is 0.112 e. The van der Waals surface area contributed by atoms with Crippen LogP contribution in [0.4, 0.5) is 0 Å². The van der Waals surface area contributed by atoms with Crippen LogP contribution in [0.1, 0.15) is 17.5 Å². The summed E-state index contributed by atoms with van der Waals surface area (Å²) in [6, 6.07) is 0.307. The van der Waals surface area contributed by atoms with Crippen molar-refractivity contribution in [1.29, 1.82) is 0 Å². The van der Waals surface area contributed by atoms with Gasteiger partial charge in [0.2, 0.25) is 0 Å². The summed E-state index contributed by atoms with van der Waals surface area (Å²) in [4.78, 5) is 4.43. The molecule has 3 rings (SSSR count). The van der Waals surface area contributed by atoms with Gasteiger partial charge in [0.25, 0.3) is 0 Å². The highest BCUT2D eigenvalue weighted by Crippen LogP contribution is 2.42. The van der Waals surface area contributed by atoms with E-state index in [0.717, 1.165) is 25.3 Å². The molecule has 0 aliphatic carbocycles. The summed E-state index contributed by atoms with van der Waals surface area (Å²) in [5, 5.41) is 6.78. The van der Waals surface area contributed by atoms with Crippen LogP contribution in [0, 0.1) is 0 Å². The number of thioether (sulfide) groups is 1. The maximum atomic E-state index is 6.05. The molecule has 0 saturated carbocycles. The number of aromatic nitrogens is 1. The monoisotopic (exact) mass is 242 g/mol. The highest BCUT2D eigenvalue weighted by molar-refractivity contribution is 7.99. The van der Waals surface area contributed by atoms with Crippen molar-refractivity contribution in [2.45, 2.75) is 18.1 Å². The zero-order chi connectivity index (χ0) is 10.1. The van der Waals surface area contributed by atoms with Crippen LogP contribution in [-0.2, 0) is 4.74 Å². The Morgan fingerprint density at radius 3 is 3.33 bits per heavy atom. The number of morpholine rings is 1. The van der Waals surface area contributed by atoms with Gasteiger partial charge in [0.15, 0.2) is 0 Å². The molecule has 1 N–H and O–H groups in total. The molecule has 2 atom stereocenters. The topological polar surface area (TPSA) is 34.1 Å². The molecular formula is C10H14N2OS2. The van der Waals surface area contributed by atoms with Crippen LogP contribution in [0.25, 0.3) is 0 Å². The molecule has 3 heterocycles. The molecule has 2 aliphatic rings. The van der Waals surface area contributed by atoms with Gasteiger partial charge in [0.05, 0.1) is 18.2 Å². The SMILES string of the molecule is c1csc(C2NCCOC23CCSC3)n1. The molecule has 0 aromatic carbocycles. The Balaban J connectivity index is 1.90. The van der Waals surface area contributed by atoms with E-state index in [-0.39, 0.29) is 5.60 Å². The Morgan fingerprint density at radius 1 is 1.60 bits per heavy atom. The van der Waals surface area contributed by atoms with E-state index in [4.69, 9.17) is 4.74 Å². The van der Waals surface area contributed by atoms with Gasteiger partial charge in [-0.15, -0.1) is 11.3 Å². The second-order valence-electron chi connectivity index (χ2n) is 3.97. The van der Waals surface area contributed by atoms with Gasteiger partial charge in [-0.25, -0.2) is 4.98 Å².